The second-order valence-corrected chi connectivity index (χ2v) is 5.18. The van der Waals surface area contributed by atoms with Crippen LogP contribution < -0.4 is 5.32 Å². The molecule has 0 radical (unpaired) electrons. The number of carbonyl (C=O) groups is 1. The van der Waals surface area contributed by atoms with Gasteiger partial charge < -0.3 is 10.4 Å². The van der Waals surface area contributed by atoms with Gasteiger partial charge in [-0.25, -0.2) is 4.63 Å². The number of nitro groups is 1. The van der Waals surface area contributed by atoms with Crippen molar-refractivity contribution in [3.63, 3.8) is 0 Å². The molecule has 1 saturated carbocycles. The number of non-ortho nitro benzene ring substituents is 1. The van der Waals surface area contributed by atoms with Crippen LogP contribution in [0.15, 0.2) is 16.8 Å². The largest absolute Gasteiger partial charge is 0.481 e. The molecule has 1 aliphatic carbocycles. The Morgan fingerprint density at radius 1 is 1.43 bits per heavy atom. The Bertz CT molecular complexity index is 722. The van der Waals surface area contributed by atoms with Gasteiger partial charge in [0.05, 0.1) is 17.0 Å². The summed E-state index contributed by atoms with van der Waals surface area (Å²) in [6.07, 6.45) is 2.37. The molecule has 0 unspecified atom stereocenters. The van der Waals surface area contributed by atoms with Crippen LogP contribution in [0.4, 0.5) is 11.4 Å². The smallest absolute Gasteiger partial charge is 0.305 e. The molecule has 0 spiro atoms. The highest BCUT2D eigenvalue weighted by atomic mass is 16.6. The highest BCUT2D eigenvalue weighted by Crippen LogP contribution is 2.40. The third kappa shape index (κ3) is 2.26. The number of anilines is 1. The molecule has 0 amide bonds. The maximum atomic E-state index is 11.0. The third-order valence-electron chi connectivity index (χ3n) is 3.79. The first-order chi connectivity index (χ1) is 10.0. The second kappa shape index (κ2) is 4.69. The van der Waals surface area contributed by atoms with E-state index in [-0.39, 0.29) is 23.1 Å². The van der Waals surface area contributed by atoms with Crippen molar-refractivity contribution in [2.75, 3.05) is 5.32 Å². The number of aromatic nitrogens is 2. The lowest BCUT2D eigenvalue weighted by Crippen LogP contribution is -2.46. The van der Waals surface area contributed by atoms with Gasteiger partial charge in [-0.05, 0) is 35.6 Å². The average molecular weight is 292 g/mol. The predicted octanol–water partition coefficient (Wildman–Crippen LogP) is 1.94. The number of nitro benzene ring substituents is 1. The van der Waals surface area contributed by atoms with Gasteiger partial charge in [0.1, 0.15) is 0 Å². The number of fused-ring (bicyclic) bond motifs is 1. The maximum absolute atomic E-state index is 11.0. The van der Waals surface area contributed by atoms with Gasteiger partial charge in [0, 0.05) is 11.6 Å². The molecule has 9 nitrogen and oxygen atoms in total. The number of nitrogens with zero attached hydrogens (tertiary/aromatic N) is 3. The van der Waals surface area contributed by atoms with Crippen LogP contribution in [0.5, 0.6) is 0 Å². The Kier molecular flexibility index (Phi) is 2.96. The first-order valence-electron chi connectivity index (χ1n) is 6.40. The van der Waals surface area contributed by atoms with Crippen LogP contribution in [-0.2, 0) is 4.79 Å². The lowest BCUT2D eigenvalue weighted by molar-refractivity contribution is -0.383. The molecule has 110 valence electrons. The van der Waals surface area contributed by atoms with Crippen LogP contribution in [0.2, 0.25) is 0 Å². The zero-order valence-electron chi connectivity index (χ0n) is 10.9. The number of rotatable bonds is 5. The van der Waals surface area contributed by atoms with E-state index in [0.29, 0.717) is 5.69 Å². The van der Waals surface area contributed by atoms with Crippen LogP contribution in [-0.4, -0.2) is 31.9 Å². The minimum Gasteiger partial charge on any atom is -0.481 e. The van der Waals surface area contributed by atoms with Gasteiger partial charge >= 0.3 is 11.7 Å². The zero-order valence-corrected chi connectivity index (χ0v) is 10.9. The summed E-state index contributed by atoms with van der Waals surface area (Å²) < 4.78 is 4.58. The van der Waals surface area contributed by atoms with E-state index < -0.39 is 16.4 Å². The molecule has 3 rings (SSSR count). The maximum Gasteiger partial charge on any atom is 0.305 e. The number of aliphatic carboxylic acids is 1. The van der Waals surface area contributed by atoms with E-state index in [1.54, 1.807) is 0 Å². The second-order valence-electron chi connectivity index (χ2n) is 5.18. The van der Waals surface area contributed by atoms with Crippen molar-refractivity contribution >= 4 is 28.4 Å². The van der Waals surface area contributed by atoms with E-state index in [9.17, 15) is 14.9 Å². The molecule has 1 aliphatic rings. The fourth-order valence-electron chi connectivity index (χ4n) is 2.63. The number of hydrogen-bond donors (Lipinski definition) is 2. The summed E-state index contributed by atoms with van der Waals surface area (Å²) in [7, 11) is 0. The molecular formula is C12H12N4O5. The first-order valence-corrected chi connectivity index (χ1v) is 6.40. The van der Waals surface area contributed by atoms with Crippen molar-refractivity contribution in [3.05, 3.63) is 22.2 Å². The summed E-state index contributed by atoms with van der Waals surface area (Å²) >= 11 is 0. The molecule has 1 aromatic carbocycles. The summed E-state index contributed by atoms with van der Waals surface area (Å²) in [4.78, 5) is 21.3. The van der Waals surface area contributed by atoms with Crippen molar-refractivity contribution in [2.45, 2.75) is 31.2 Å². The highest BCUT2D eigenvalue weighted by molar-refractivity contribution is 5.93. The number of hydrogen-bond acceptors (Lipinski definition) is 7. The van der Waals surface area contributed by atoms with E-state index >= 15 is 0 Å². The molecule has 1 aromatic heterocycles. The Morgan fingerprint density at radius 3 is 2.71 bits per heavy atom. The molecular weight excluding hydrogens is 280 g/mol. The number of nitrogens with one attached hydrogen (secondary N) is 1. The van der Waals surface area contributed by atoms with Gasteiger partial charge in [-0.15, -0.1) is 0 Å². The number of benzene rings is 1. The van der Waals surface area contributed by atoms with E-state index in [1.807, 2.05) is 0 Å². The Hall–Kier alpha value is -2.71. The Morgan fingerprint density at radius 2 is 2.14 bits per heavy atom. The highest BCUT2D eigenvalue weighted by Gasteiger charge is 2.39. The fraction of sp³-hybridized carbons (Fsp3) is 0.417. The minimum absolute atomic E-state index is 0.0171. The molecule has 21 heavy (non-hydrogen) atoms. The van der Waals surface area contributed by atoms with Crippen molar-refractivity contribution in [1.82, 2.24) is 10.3 Å². The molecule has 9 heteroatoms. The van der Waals surface area contributed by atoms with Crippen LogP contribution in [0, 0.1) is 10.1 Å². The van der Waals surface area contributed by atoms with Gasteiger partial charge in [-0.3, -0.25) is 14.9 Å². The molecule has 2 N–H and O–H groups in total. The van der Waals surface area contributed by atoms with E-state index in [1.165, 1.54) is 12.1 Å². The van der Waals surface area contributed by atoms with E-state index in [2.05, 4.69) is 20.3 Å². The number of carboxylic acids is 1. The molecule has 1 fully saturated rings. The summed E-state index contributed by atoms with van der Waals surface area (Å²) in [5.41, 5.74) is 0.0552. The Labute approximate surface area is 118 Å². The van der Waals surface area contributed by atoms with Crippen LogP contribution in [0.1, 0.15) is 25.7 Å². The predicted molar refractivity (Wildman–Crippen MR) is 70.9 cm³/mol. The van der Waals surface area contributed by atoms with E-state index in [0.717, 1.165) is 19.3 Å². The lowest BCUT2D eigenvalue weighted by atomic mass is 9.74. The lowest BCUT2D eigenvalue weighted by Gasteiger charge is -2.42. The third-order valence-corrected chi connectivity index (χ3v) is 3.79. The summed E-state index contributed by atoms with van der Waals surface area (Å²) in [6, 6.07) is 2.81. The standard InChI is InChI=1S/C12H12N4O5/c17-9(18)6-12(4-1-5-12)13-7-2-3-8(16(19)20)11-10(7)14-21-15-11/h2-3,13H,1,4-6H2,(H,17,18). The Balaban J connectivity index is 1.98. The normalized spacial score (nSPS) is 16.4. The van der Waals surface area contributed by atoms with Crippen LogP contribution in [0.25, 0.3) is 11.0 Å². The van der Waals surface area contributed by atoms with Gasteiger partial charge in [-0.2, -0.15) is 0 Å². The average Bonchev–Trinajstić information content (AvgIpc) is 2.84. The molecule has 0 saturated heterocycles. The fourth-order valence-corrected chi connectivity index (χ4v) is 2.63. The summed E-state index contributed by atoms with van der Waals surface area (Å²) in [5, 5.41) is 30.3. The summed E-state index contributed by atoms with van der Waals surface area (Å²) in [6.45, 7) is 0. The van der Waals surface area contributed by atoms with Crippen molar-refractivity contribution in [3.8, 4) is 0 Å². The first kappa shape index (κ1) is 13.3. The van der Waals surface area contributed by atoms with Crippen molar-refractivity contribution < 1.29 is 19.5 Å². The molecule has 0 aliphatic heterocycles. The van der Waals surface area contributed by atoms with Crippen LogP contribution in [0.3, 0.4) is 0 Å². The number of carboxylic acid groups (broad SMARTS) is 1. The van der Waals surface area contributed by atoms with Crippen LogP contribution >= 0.6 is 0 Å². The molecule has 0 bridgehead atoms. The van der Waals surface area contributed by atoms with Gasteiger partial charge in [-0.1, -0.05) is 0 Å². The zero-order chi connectivity index (χ0) is 15.0. The van der Waals surface area contributed by atoms with Crippen molar-refractivity contribution in [1.29, 1.82) is 0 Å². The molecule has 2 aromatic rings. The summed E-state index contributed by atoms with van der Waals surface area (Å²) in [5.74, 6) is -0.890. The monoisotopic (exact) mass is 292 g/mol. The van der Waals surface area contributed by atoms with Crippen molar-refractivity contribution in [2.24, 2.45) is 0 Å². The quantitative estimate of drug-likeness (QED) is 0.631. The van der Waals surface area contributed by atoms with Gasteiger partial charge in [0.15, 0.2) is 5.52 Å². The van der Waals surface area contributed by atoms with Gasteiger partial charge in [0.2, 0.25) is 5.52 Å². The van der Waals surface area contributed by atoms with Gasteiger partial charge in [0.25, 0.3) is 0 Å². The van der Waals surface area contributed by atoms with E-state index in [4.69, 9.17) is 5.11 Å². The topological polar surface area (TPSA) is 131 Å². The molecule has 1 heterocycles. The molecule has 0 atom stereocenters. The SMILES string of the molecule is O=C(O)CC1(Nc2ccc([N+](=O)[O-])c3nonc23)CCC1. The minimum atomic E-state index is -0.890.